The molecule has 0 fully saturated rings. The first kappa shape index (κ1) is 32.4. The first-order chi connectivity index (χ1) is 21.8. The minimum Gasteiger partial charge on any atom is -0.406 e. The summed E-state index contributed by atoms with van der Waals surface area (Å²) in [7, 11) is 0. The van der Waals surface area contributed by atoms with Crippen molar-refractivity contribution in [3.63, 3.8) is 0 Å². The summed E-state index contributed by atoms with van der Waals surface area (Å²) in [5.74, 6) is -0.160. The predicted molar refractivity (Wildman–Crippen MR) is 168 cm³/mol. The average molecular weight is 651 g/mol. The van der Waals surface area contributed by atoms with E-state index in [1.807, 2.05) is 61.9 Å². The molecule has 238 valence electrons. The number of hydrogen-bond acceptors (Lipinski definition) is 5. The van der Waals surface area contributed by atoms with Crippen molar-refractivity contribution in [3.8, 4) is 28.5 Å². The molecule has 0 radical (unpaired) electrons. The van der Waals surface area contributed by atoms with Gasteiger partial charge in [0.25, 0.3) is 0 Å². The number of carbonyl (C=O) groups excluding carboxylic acids is 1. The lowest BCUT2D eigenvalue weighted by Gasteiger charge is -2.15. The molecule has 0 aliphatic carbocycles. The number of carbonyl (C=O) groups is 1. The van der Waals surface area contributed by atoms with E-state index in [4.69, 9.17) is 0 Å². The molecule has 0 saturated carbocycles. The molecule has 0 aliphatic rings. The molecule has 0 aliphatic heterocycles. The van der Waals surface area contributed by atoms with E-state index in [1.165, 1.54) is 58.7 Å². The monoisotopic (exact) mass is 650 g/mol. The highest BCUT2D eigenvalue weighted by atomic mass is 32.1. The van der Waals surface area contributed by atoms with Crippen LogP contribution in [0.1, 0.15) is 50.4 Å². The van der Waals surface area contributed by atoms with Gasteiger partial charge in [-0.3, -0.25) is 4.57 Å². The van der Waals surface area contributed by atoms with Gasteiger partial charge in [-0.25, -0.2) is 18.9 Å². The molecule has 0 spiro atoms. The van der Waals surface area contributed by atoms with Crippen LogP contribution in [0.15, 0.2) is 89.1 Å². The van der Waals surface area contributed by atoms with Crippen molar-refractivity contribution in [1.29, 1.82) is 0 Å². The van der Waals surface area contributed by atoms with Gasteiger partial charge in [0.05, 0.1) is 11.4 Å². The molecular formula is C33H30F4N6O2S. The molecule has 2 aromatic heterocycles. The molecule has 5 rings (SSSR count). The number of nitrogens with zero attached hydrogens (tertiary/aromatic N) is 5. The van der Waals surface area contributed by atoms with Crippen LogP contribution in [-0.4, -0.2) is 31.7 Å². The Kier molecular flexibility index (Phi) is 9.24. The Morgan fingerprint density at radius 2 is 1.72 bits per heavy atom. The van der Waals surface area contributed by atoms with Crippen LogP contribution in [0, 0.1) is 12.7 Å². The van der Waals surface area contributed by atoms with Crippen LogP contribution in [0.4, 0.5) is 22.4 Å². The second-order valence-corrected chi connectivity index (χ2v) is 11.6. The fraction of sp³-hybridized carbons (Fsp3) is 0.212. The Morgan fingerprint density at radius 3 is 2.37 bits per heavy atom. The number of hydrogen-bond donors (Lipinski definition) is 1. The predicted octanol–water partition coefficient (Wildman–Crippen LogP) is 8.32. The van der Waals surface area contributed by atoms with Crippen molar-refractivity contribution in [2.75, 3.05) is 0 Å². The largest absolute Gasteiger partial charge is 0.573 e. The second kappa shape index (κ2) is 13.1. The van der Waals surface area contributed by atoms with Crippen molar-refractivity contribution in [1.82, 2.24) is 24.6 Å². The molecule has 8 nitrogen and oxygen atoms in total. The van der Waals surface area contributed by atoms with Gasteiger partial charge in [0.15, 0.2) is 10.6 Å². The zero-order chi connectivity index (χ0) is 33.2. The third kappa shape index (κ3) is 7.42. The van der Waals surface area contributed by atoms with Crippen LogP contribution in [0.5, 0.6) is 5.75 Å². The summed E-state index contributed by atoms with van der Waals surface area (Å²) in [5, 5.41) is 9.19. The van der Waals surface area contributed by atoms with E-state index in [9.17, 15) is 22.4 Å². The molecule has 0 atom stereocenters. The number of nitrogens with one attached hydrogen (secondary N) is 1. The molecule has 2 amide bonds. The first-order valence-electron chi connectivity index (χ1n) is 14.2. The third-order valence-corrected chi connectivity index (χ3v) is 8.13. The van der Waals surface area contributed by atoms with Gasteiger partial charge in [0.1, 0.15) is 17.9 Å². The Labute approximate surface area is 266 Å². The Balaban J connectivity index is 1.31. The van der Waals surface area contributed by atoms with Gasteiger partial charge in [-0.1, -0.05) is 38.1 Å². The smallest absolute Gasteiger partial charge is 0.406 e. The van der Waals surface area contributed by atoms with Crippen LogP contribution in [-0.2, 0) is 0 Å². The summed E-state index contributed by atoms with van der Waals surface area (Å²) in [5.41, 5.74) is 6.01. The Hall–Kier alpha value is -5.04. The highest BCUT2D eigenvalue weighted by molar-refractivity contribution is 7.07. The maximum absolute atomic E-state index is 14.0. The summed E-state index contributed by atoms with van der Waals surface area (Å²) < 4.78 is 58.5. The molecular weight excluding hydrogens is 620 g/mol. The zero-order valence-corrected chi connectivity index (χ0v) is 26.4. The van der Waals surface area contributed by atoms with E-state index in [2.05, 4.69) is 25.1 Å². The van der Waals surface area contributed by atoms with Crippen LogP contribution in [0.2, 0.25) is 0 Å². The third-order valence-electron chi connectivity index (χ3n) is 7.19. The zero-order valence-electron chi connectivity index (χ0n) is 25.6. The number of alkyl halides is 3. The van der Waals surface area contributed by atoms with Crippen LogP contribution in [0.25, 0.3) is 28.3 Å². The lowest BCUT2D eigenvalue weighted by Crippen LogP contribution is -2.24. The fourth-order valence-corrected chi connectivity index (χ4v) is 5.59. The van der Waals surface area contributed by atoms with Gasteiger partial charge >= 0.3 is 12.4 Å². The van der Waals surface area contributed by atoms with Crippen LogP contribution >= 0.6 is 11.3 Å². The highest BCUT2D eigenvalue weighted by Crippen LogP contribution is 2.26. The summed E-state index contributed by atoms with van der Waals surface area (Å²) in [6.45, 7) is 9.55. The van der Waals surface area contributed by atoms with Gasteiger partial charge in [0, 0.05) is 22.3 Å². The normalized spacial score (nSPS) is 12.8. The van der Waals surface area contributed by atoms with Gasteiger partial charge < -0.3 is 10.1 Å². The Morgan fingerprint density at radius 1 is 1.02 bits per heavy atom. The SMILES string of the molecule is C/C(NC(=O)/N=c1\scc(C)n1-c1ccc(F)cc1C(C)C)=C(/C)c1ccc(-c2ncn(-c3ccc(OC(F)(F)F)cc3)n2)cc1. The highest BCUT2D eigenvalue weighted by Gasteiger charge is 2.31. The topological polar surface area (TPSA) is 86.3 Å². The van der Waals surface area contributed by atoms with E-state index >= 15 is 0 Å². The van der Waals surface area contributed by atoms with Gasteiger partial charge in [0.2, 0.25) is 0 Å². The molecule has 46 heavy (non-hydrogen) atoms. The lowest BCUT2D eigenvalue weighted by molar-refractivity contribution is -0.274. The van der Waals surface area contributed by atoms with E-state index in [1.54, 1.807) is 13.0 Å². The molecule has 5 aromatic rings. The molecule has 0 bridgehead atoms. The van der Waals surface area contributed by atoms with Gasteiger partial charge in [-0.2, -0.15) is 4.99 Å². The number of allylic oxidation sites excluding steroid dienone is 2. The number of thiazole rings is 1. The van der Waals surface area contributed by atoms with Crippen molar-refractivity contribution in [2.45, 2.75) is 46.9 Å². The van der Waals surface area contributed by atoms with Crippen molar-refractivity contribution in [3.05, 3.63) is 112 Å². The van der Waals surface area contributed by atoms with Crippen molar-refractivity contribution < 1.29 is 27.1 Å². The number of rotatable bonds is 7. The van der Waals surface area contributed by atoms with E-state index < -0.39 is 12.4 Å². The number of halogens is 4. The number of urea groups is 1. The van der Waals surface area contributed by atoms with E-state index in [0.717, 1.165) is 33.6 Å². The van der Waals surface area contributed by atoms with Crippen molar-refractivity contribution in [2.24, 2.45) is 4.99 Å². The number of amides is 2. The van der Waals surface area contributed by atoms with Gasteiger partial charge in [-0.05, 0) is 85.9 Å². The van der Waals surface area contributed by atoms with Crippen LogP contribution in [0.3, 0.4) is 0 Å². The number of benzene rings is 3. The fourth-order valence-electron chi connectivity index (χ4n) is 4.73. The minimum atomic E-state index is -4.77. The first-order valence-corrected chi connectivity index (χ1v) is 15.1. The number of ether oxygens (including phenoxy) is 1. The number of aryl methyl sites for hydroxylation is 1. The standard InChI is InChI=1S/C33H30F4N6O2S/c1-19(2)28-16-25(34)10-15-29(28)43-20(3)17-46-32(43)40-31(44)39-22(5)21(4)23-6-8-24(9-7-23)30-38-18-42(41-30)26-11-13-27(14-12-26)45-33(35,36)37/h6-19H,1-5H3,(H,39,44)/b22-21+,40-32-. The summed E-state index contributed by atoms with van der Waals surface area (Å²) >= 11 is 1.32. The van der Waals surface area contributed by atoms with Gasteiger partial charge in [-0.15, -0.1) is 29.6 Å². The lowest BCUT2D eigenvalue weighted by atomic mass is 10.0. The maximum Gasteiger partial charge on any atom is 0.573 e. The average Bonchev–Trinajstić information content (AvgIpc) is 3.63. The summed E-state index contributed by atoms with van der Waals surface area (Å²) in [4.78, 5) is 22.1. The molecule has 2 heterocycles. The number of aromatic nitrogens is 4. The van der Waals surface area contributed by atoms with E-state index in [0.29, 0.717) is 22.0 Å². The summed E-state index contributed by atoms with van der Waals surface area (Å²) in [6, 6.07) is 16.8. The molecule has 13 heteroatoms. The van der Waals surface area contributed by atoms with E-state index in [-0.39, 0.29) is 17.5 Å². The second-order valence-electron chi connectivity index (χ2n) is 10.8. The molecule has 1 N–H and O–H groups in total. The molecule has 0 saturated heterocycles. The minimum absolute atomic E-state index is 0.0624. The quantitative estimate of drug-likeness (QED) is 0.180. The summed E-state index contributed by atoms with van der Waals surface area (Å²) in [6.07, 6.45) is -3.30. The maximum atomic E-state index is 14.0. The van der Waals surface area contributed by atoms with Crippen molar-refractivity contribution >= 4 is 22.9 Å². The Bertz CT molecular complexity index is 1970. The van der Waals surface area contributed by atoms with Crippen LogP contribution < -0.4 is 14.9 Å². The molecule has 0 unspecified atom stereocenters. The molecule has 3 aromatic carbocycles.